The molecule has 0 amide bonds. The first-order chi connectivity index (χ1) is 8.61. The Bertz CT molecular complexity index is 315. The van der Waals surface area contributed by atoms with E-state index in [0.29, 0.717) is 0 Å². The molecule has 1 aromatic rings. The van der Waals surface area contributed by atoms with E-state index >= 15 is 0 Å². The molecule has 0 nitrogen and oxygen atoms in total. The number of allylic oxidation sites excluding steroid dienone is 1. The SMILES string of the molecule is CC(C)P(C/C=C/c1ccccc1)C(C)C.[Cl][Pd]. The molecule has 3 heteroatoms. The minimum atomic E-state index is 0.138. The third-order valence-corrected chi connectivity index (χ3v) is 6.04. The van der Waals surface area contributed by atoms with E-state index in [0.717, 1.165) is 11.3 Å². The summed E-state index contributed by atoms with van der Waals surface area (Å²) in [5.74, 6) is 0. The molecule has 0 saturated heterocycles. The van der Waals surface area contributed by atoms with Crippen LogP contribution in [0.25, 0.3) is 6.08 Å². The van der Waals surface area contributed by atoms with Crippen molar-refractivity contribution in [3.8, 4) is 0 Å². The second-order valence-corrected chi connectivity index (χ2v) is 8.16. The van der Waals surface area contributed by atoms with Crippen LogP contribution in [0.2, 0.25) is 0 Å². The summed E-state index contributed by atoms with van der Waals surface area (Å²) in [7, 11) is 4.63. The Hall–Kier alpha value is 0.342. The number of benzene rings is 1. The summed E-state index contributed by atoms with van der Waals surface area (Å²) in [5.41, 5.74) is 2.97. The van der Waals surface area contributed by atoms with E-state index in [1.807, 2.05) is 0 Å². The van der Waals surface area contributed by atoms with Gasteiger partial charge in [-0.1, -0.05) is 78.1 Å². The van der Waals surface area contributed by atoms with E-state index in [4.69, 9.17) is 0 Å². The van der Waals surface area contributed by atoms with Gasteiger partial charge in [-0.2, -0.15) is 0 Å². The van der Waals surface area contributed by atoms with E-state index in [9.17, 15) is 0 Å². The normalized spacial score (nSPS) is 11.2. The van der Waals surface area contributed by atoms with Crippen LogP contribution < -0.4 is 0 Å². The second kappa shape index (κ2) is 11.2. The van der Waals surface area contributed by atoms with E-state index in [1.54, 1.807) is 0 Å². The van der Waals surface area contributed by atoms with Crippen LogP contribution in [0.1, 0.15) is 33.3 Å². The molecule has 0 aliphatic carbocycles. The van der Waals surface area contributed by atoms with Gasteiger partial charge in [0.1, 0.15) is 0 Å². The molecule has 0 atom stereocenters. The van der Waals surface area contributed by atoms with Crippen molar-refractivity contribution in [1.82, 2.24) is 0 Å². The molecule has 105 valence electrons. The van der Waals surface area contributed by atoms with Gasteiger partial charge < -0.3 is 0 Å². The van der Waals surface area contributed by atoms with Gasteiger partial charge >= 0.3 is 27.7 Å². The van der Waals surface area contributed by atoms with Crippen LogP contribution in [0, 0.1) is 0 Å². The summed E-state index contributed by atoms with van der Waals surface area (Å²) < 4.78 is 0. The van der Waals surface area contributed by atoms with Crippen molar-refractivity contribution < 1.29 is 18.2 Å². The Balaban J connectivity index is 0.00000137. The first-order valence-electron chi connectivity index (χ1n) is 6.20. The van der Waals surface area contributed by atoms with Crippen LogP contribution in [-0.2, 0) is 18.2 Å². The first kappa shape index (κ1) is 18.3. The van der Waals surface area contributed by atoms with Crippen molar-refractivity contribution in [3.63, 3.8) is 0 Å². The van der Waals surface area contributed by atoms with Gasteiger partial charge in [0.2, 0.25) is 0 Å². The summed E-state index contributed by atoms with van der Waals surface area (Å²) in [5, 5.41) is 0. The van der Waals surface area contributed by atoms with Gasteiger partial charge in [0.05, 0.1) is 0 Å². The van der Waals surface area contributed by atoms with Gasteiger partial charge in [-0.05, 0) is 23.0 Å². The molecule has 0 aliphatic rings. The molecule has 0 saturated carbocycles. The third-order valence-electron chi connectivity index (χ3n) is 2.75. The molecule has 0 radical (unpaired) electrons. The average molecular weight is 376 g/mol. The summed E-state index contributed by atoms with van der Waals surface area (Å²) in [4.78, 5) is 0. The van der Waals surface area contributed by atoms with Crippen molar-refractivity contribution >= 4 is 23.5 Å². The van der Waals surface area contributed by atoms with Crippen molar-refractivity contribution in [2.24, 2.45) is 0 Å². The Kier molecular flexibility index (Phi) is 11.4. The molecule has 0 fully saturated rings. The van der Waals surface area contributed by atoms with E-state index in [-0.39, 0.29) is 7.92 Å². The van der Waals surface area contributed by atoms with E-state index in [2.05, 4.69) is 97.9 Å². The maximum atomic E-state index is 4.49. The van der Waals surface area contributed by atoms with Crippen LogP contribution in [0.5, 0.6) is 0 Å². The molecule has 1 aromatic carbocycles. The topological polar surface area (TPSA) is 0 Å². The Morgan fingerprint density at radius 2 is 1.56 bits per heavy atom. The molecular weight excluding hydrogens is 353 g/mol. The van der Waals surface area contributed by atoms with Crippen LogP contribution in [0.4, 0.5) is 0 Å². The van der Waals surface area contributed by atoms with Crippen molar-refractivity contribution in [1.29, 1.82) is 0 Å². The first-order valence-corrected chi connectivity index (χ1v) is 9.87. The van der Waals surface area contributed by atoms with Crippen LogP contribution in [0.15, 0.2) is 36.4 Å². The van der Waals surface area contributed by atoms with Crippen molar-refractivity contribution in [3.05, 3.63) is 42.0 Å². The summed E-state index contributed by atoms with van der Waals surface area (Å²) in [6.45, 7) is 9.40. The summed E-state index contributed by atoms with van der Waals surface area (Å²) in [6.07, 6.45) is 5.85. The van der Waals surface area contributed by atoms with Gasteiger partial charge in [-0.15, -0.1) is 0 Å². The quantitative estimate of drug-likeness (QED) is 0.458. The van der Waals surface area contributed by atoms with Gasteiger partial charge in [0.25, 0.3) is 0 Å². The van der Waals surface area contributed by atoms with Gasteiger partial charge in [0, 0.05) is 0 Å². The van der Waals surface area contributed by atoms with Crippen molar-refractivity contribution in [2.75, 3.05) is 6.16 Å². The third kappa shape index (κ3) is 7.71. The standard InChI is InChI=1S/C15H23P.ClH.Pd/c1-13(2)16(14(3)4)12-8-11-15-9-6-5-7-10-15;;/h5-11,13-14H,12H2,1-4H3;1H;/q;;+1/p-1/b11-8+;;. The van der Waals surface area contributed by atoms with Crippen LogP contribution >= 0.6 is 17.5 Å². The predicted octanol–water partition coefficient (Wildman–Crippen LogP) is 5.69. The van der Waals surface area contributed by atoms with E-state index < -0.39 is 0 Å². The van der Waals surface area contributed by atoms with Crippen molar-refractivity contribution in [2.45, 2.75) is 39.0 Å². The summed E-state index contributed by atoms with van der Waals surface area (Å²) in [6, 6.07) is 10.6. The molecule has 0 unspecified atom stereocenters. The molecule has 1 rings (SSSR count). The molecular formula is C15H23ClPPd. The van der Waals surface area contributed by atoms with E-state index in [1.165, 1.54) is 11.7 Å². The maximum absolute atomic E-state index is 4.49. The number of hydrogen-bond donors (Lipinski definition) is 0. The number of rotatable bonds is 5. The average Bonchev–Trinajstić information content (AvgIpc) is 2.37. The monoisotopic (exact) mass is 375 g/mol. The van der Waals surface area contributed by atoms with Crippen LogP contribution in [-0.4, -0.2) is 17.5 Å². The molecule has 0 spiro atoms. The molecule has 0 bridgehead atoms. The number of halogens is 1. The molecule has 0 aromatic heterocycles. The second-order valence-electron chi connectivity index (χ2n) is 4.70. The fourth-order valence-electron chi connectivity index (χ4n) is 1.89. The fourth-order valence-corrected chi connectivity index (χ4v) is 4.28. The van der Waals surface area contributed by atoms with Gasteiger partial charge in [-0.25, -0.2) is 0 Å². The van der Waals surface area contributed by atoms with Gasteiger partial charge in [-0.3, -0.25) is 0 Å². The zero-order chi connectivity index (χ0) is 14.0. The molecule has 18 heavy (non-hydrogen) atoms. The zero-order valence-corrected chi connectivity index (χ0v) is 14.7. The minimum absolute atomic E-state index is 0.138. The zero-order valence-electron chi connectivity index (χ0n) is 11.5. The summed E-state index contributed by atoms with van der Waals surface area (Å²) >= 11 is 2.22. The molecule has 0 aliphatic heterocycles. The Morgan fingerprint density at radius 1 is 1.06 bits per heavy atom. The Morgan fingerprint density at radius 3 is 2.00 bits per heavy atom. The number of hydrogen-bond acceptors (Lipinski definition) is 0. The molecule has 0 heterocycles. The fraction of sp³-hybridized carbons (Fsp3) is 0.467. The van der Waals surface area contributed by atoms with Crippen LogP contribution in [0.3, 0.4) is 0 Å². The predicted molar refractivity (Wildman–Crippen MR) is 83.4 cm³/mol. The molecule has 0 N–H and O–H groups in total. The van der Waals surface area contributed by atoms with Gasteiger partial charge in [0.15, 0.2) is 0 Å². The Labute approximate surface area is 128 Å².